The van der Waals surface area contributed by atoms with Gasteiger partial charge in [0.2, 0.25) is 11.9 Å². The molecule has 88 valence electrons. The fraction of sp³-hybridized carbons (Fsp3) is 0.700. The number of nitrogens with zero attached hydrogens (tertiary/aromatic N) is 4. The van der Waals surface area contributed by atoms with Crippen LogP contribution in [0.1, 0.15) is 20.3 Å². The monoisotopic (exact) mass is 223 g/mol. The first-order chi connectivity index (χ1) is 7.50. The molecule has 0 aromatic carbocycles. The summed E-state index contributed by atoms with van der Waals surface area (Å²) in [7, 11) is 1.52. The van der Waals surface area contributed by atoms with Crippen molar-refractivity contribution in [2.75, 3.05) is 30.8 Å². The molecule has 1 saturated heterocycles. The summed E-state index contributed by atoms with van der Waals surface area (Å²) in [5.41, 5.74) is 5.90. The van der Waals surface area contributed by atoms with Gasteiger partial charge in [-0.25, -0.2) is 0 Å². The summed E-state index contributed by atoms with van der Waals surface area (Å²) < 4.78 is 4.98. The summed E-state index contributed by atoms with van der Waals surface area (Å²) in [5, 5.41) is 0. The van der Waals surface area contributed by atoms with Crippen LogP contribution >= 0.6 is 0 Å². The molecular weight excluding hydrogens is 206 g/mol. The standard InChI is InChI=1S/C10H17N5O/c1-10(2)4-5-15(6-10)8-12-7(11)13-9(14-8)16-3/h4-6H2,1-3H3,(H2,11,12,13,14). The maximum Gasteiger partial charge on any atom is 0.322 e. The topological polar surface area (TPSA) is 77.2 Å². The van der Waals surface area contributed by atoms with Crippen LogP contribution in [0.3, 0.4) is 0 Å². The van der Waals surface area contributed by atoms with Gasteiger partial charge in [-0.05, 0) is 11.8 Å². The molecule has 1 aliphatic rings. The number of methoxy groups -OCH3 is 1. The van der Waals surface area contributed by atoms with Crippen molar-refractivity contribution in [2.45, 2.75) is 20.3 Å². The fourth-order valence-corrected chi connectivity index (χ4v) is 1.88. The predicted octanol–water partition coefficient (Wildman–Crippen LogP) is 0.699. The number of rotatable bonds is 2. The van der Waals surface area contributed by atoms with Gasteiger partial charge in [0.15, 0.2) is 0 Å². The average Bonchev–Trinajstić information content (AvgIpc) is 2.58. The highest BCUT2D eigenvalue weighted by atomic mass is 16.5. The van der Waals surface area contributed by atoms with E-state index in [0.717, 1.165) is 19.5 Å². The van der Waals surface area contributed by atoms with Gasteiger partial charge in [0, 0.05) is 13.1 Å². The lowest BCUT2D eigenvalue weighted by Crippen LogP contribution is -2.25. The molecule has 2 heterocycles. The lowest BCUT2D eigenvalue weighted by Gasteiger charge is -2.19. The van der Waals surface area contributed by atoms with Crippen LogP contribution in [0.15, 0.2) is 0 Å². The second-order valence-electron chi connectivity index (χ2n) is 4.82. The van der Waals surface area contributed by atoms with Crippen molar-refractivity contribution in [3.8, 4) is 6.01 Å². The van der Waals surface area contributed by atoms with Crippen LogP contribution in [0.4, 0.5) is 11.9 Å². The molecule has 6 heteroatoms. The van der Waals surface area contributed by atoms with Crippen molar-refractivity contribution in [1.82, 2.24) is 15.0 Å². The Labute approximate surface area is 94.9 Å². The van der Waals surface area contributed by atoms with E-state index in [1.807, 2.05) is 0 Å². The molecule has 1 aromatic heterocycles. The zero-order valence-corrected chi connectivity index (χ0v) is 9.90. The molecule has 0 unspecified atom stereocenters. The van der Waals surface area contributed by atoms with Gasteiger partial charge in [0.25, 0.3) is 0 Å². The lowest BCUT2D eigenvalue weighted by molar-refractivity contribution is 0.378. The summed E-state index contributed by atoms with van der Waals surface area (Å²) in [6, 6.07) is 0.271. The number of hydrogen-bond acceptors (Lipinski definition) is 6. The van der Waals surface area contributed by atoms with Gasteiger partial charge in [-0.2, -0.15) is 15.0 Å². The minimum absolute atomic E-state index is 0.201. The maximum absolute atomic E-state index is 5.60. The highest BCUT2D eigenvalue weighted by Gasteiger charge is 2.31. The van der Waals surface area contributed by atoms with E-state index in [-0.39, 0.29) is 12.0 Å². The fourth-order valence-electron chi connectivity index (χ4n) is 1.88. The second-order valence-corrected chi connectivity index (χ2v) is 4.82. The van der Waals surface area contributed by atoms with E-state index in [4.69, 9.17) is 10.5 Å². The van der Waals surface area contributed by atoms with Crippen LogP contribution in [0.2, 0.25) is 0 Å². The van der Waals surface area contributed by atoms with Crippen molar-refractivity contribution >= 4 is 11.9 Å². The molecule has 0 atom stereocenters. The first-order valence-electron chi connectivity index (χ1n) is 5.31. The zero-order valence-electron chi connectivity index (χ0n) is 9.90. The molecule has 6 nitrogen and oxygen atoms in total. The van der Waals surface area contributed by atoms with Gasteiger partial charge in [-0.15, -0.1) is 0 Å². The van der Waals surface area contributed by atoms with Gasteiger partial charge >= 0.3 is 6.01 Å². The number of hydrogen-bond donors (Lipinski definition) is 1. The Morgan fingerprint density at radius 3 is 2.62 bits per heavy atom. The highest BCUT2D eigenvalue weighted by Crippen LogP contribution is 2.31. The lowest BCUT2D eigenvalue weighted by atomic mass is 9.93. The van der Waals surface area contributed by atoms with Crippen LogP contribution in [0, 0.1) is 5.41 Å². The van der Waals surface area contributed by atoms with E-state index in [1.54, 1.807) is 0 Å². The molecule has 2 N–H and O–H groups in total. The van der Waals surface area contributed by atoms with Crippen LogP contribution in [-0.4, -0.2) is 35.2 Å². The van der Waals surface area contributed by atoms with E-state index < -0.39 is 0 Å². The molecule has 0 radical (unpaired) electrons. The van der Waals surface area contributed by atoms with Gasteiger partial charge in [-0.1, -0.05) is 13.8 Å². The van der Waals surface area contributed by atoms with Crippen molar-refractivity contribution < 1.29 is 4.74 Å². The van der Waals surface area contributed by atoms with Crippen LogP contribution in [0.5, 0.6) is 6.01 Å². The van der Waals surface area contributed by atoms with Crippen LogP contribution in [0.25, 0.3) is 0 Å². The smallest absolute Gasteiger partial charge is 0.322 e. The minimum atomic E-state index is 0.201. The minimum Gasteiger partial charge on any atom is -0.467 e. The van der Waals surface area contributed by atoms with E-state index in [9.17, 15) is 0 Å². The molecule has 0 saturated carbocycles. The molecule has 1 fully saturated rings. The van der Waals surface area contributed by atoms with E-state index in [1.165, 1.54) is 7.11 Å². The first kappa shape index (κ1) is 10.9. The third-order valence-electron chi connectivity index (χ3n) is 2.76. The Balaban J connectivity index is 2.24. The van der Waals surface area contributed by atoms with Gasteiger partial charge in [-0.3, -0.25) is 0 Å². The molecule has 1 aliphatic heterocycles. The summed E-state index contributed by atoms with van der Waals surface area (Å²) in [6.45, 7) is 6.34. The molecule has 0 bridgehead atoms. The van der Waals surface area contributed by atoms with Crippen molar-refractivity contribution in [2.24, 2.45) is 5.41 Å². The summed E-state index contributed by atoms with van der Waals surface area (Å²) in [5.74, 6) is 0.807. The summed E-state index contributed by atoms with van der Waals surface area (Å²) in [6.07, 6.45) is 1.13. The molecule has 0 amide bonds. The number of nitrogen functional groups attached to an aromatic ring is 1. The van der Waals surface area contributed by atoms with Crippen molar-refractivity contribution in [1.29, 1.82) is 0 Å². The molecule has 0 aliphatic carbocycles. The Bertz CT molecular complexity index is 393. The first-order valence-corrected chi connectivity index (χ1v) is 5.31. The number of nitrogens with two attached hydrogens (primary N) is 1. The van der Waals surface area contributed by atoms with E-state index in [0.29, 0.717) is 11.4 Å². The summed E-state index contributed by atoms with van der Waals surface area (Å²) >= 11 is 0. The van der Waals surface area contributed by atoms with E-state index in [2.05, 4.69) is 33.7 Å². The maximum atomic E-state index is 5.60. The average molecular weight is 223 g/mol. The Kier molecular flexibility index (Phi) is 2.57. The molecule has 0 spiro atoms. The number of anilines is 2. The Morgan fingerprint density at radius 1 is 1.31 bits per heavy atom. The quantitative estimate of drug-likeness (QED) is 0.795. The molecule has 1 aromatic rings. The van der Waals surface area contributed by atoms with Crippen LogP contribution < -0.4 is 15.4 Å². The molecule has 2 rings (SSSR count). The Hall–Kier alpha value is -1.59. The number of aromatic nitrogens is 3. The van der Waals surface area contributed by atoms with Gasteiger partial charge in [0.05, 0.1) is 7.11 Å². The predicted molar refractivity (Wildman–Crippen MR) is 61.4 cm³/mol. The van der Waals surface area contributed by atoms with E-state index >= 15 is 0 Å². The normalized spacial score (nSPS) is 18.8. The SMILES string of the molecule is COc1nc(N)nc(N2CCC(C)(C)C2)n1. The largest absolute Gasteiger partial charge is 0.467 e. The highest BCUT2D eigenvalue weighted by molar-refractivity contribution is 5.37. The zero-order chi connectivity index (χ0) is 11.8. The number of ether oxygens (including phenoxy) is 1. The second kappa shape index (κ2) is 3.77. The third kappa shape index (κ3) is 2.15. The summed E-state index contributed by atoms with van der Waals surface area (Å²) in [4.78, 5) is 14.3. The third-order valence-corrected chi connectivity index (χ3v) is 2.76. The molecular formula is C10H17N5O. The van der Waals surface area contributed by atoms with Gasteiger partial charge < -0.3 is 15.4 Å². The van der Waals surface area contributed by atoms with Gasteiger partial charge in [0.1, 0.15) is 0 Å². The Morgan fingerprint density at radius 2 is 2.06 bits per heavy atom. The van der Waals surface area contributed by atoms with Crippen molar-refractivity contribution in [3.63, 3.8) is 0 Å². The van der Waals surface area contributed by atoms with Crippen LogP contribution in [-0.2, 0) is 0 Å². The van der Waals surface area contributed by atoms with Crippen molar-refractivity contribution in [3.05, 3.63) is 0 Å². The molecule has 16 heavy (non-hydrogen) atoms.